The molecule has 1 aromatic rings. The summed E-state index contributed by atoms with van der Waals surface area (Å²) < 4.78 is 25.3. The summed E-state index contributed by atoms with van der Waals surface area (Å²) in [6.45, 7) is 4.02. The molecule has 0 amide bonds. The van der Waals surface area contributed by atoms with Crippen LogP contribution in [-0.4, -0.2) is 18.3 Å². The molecule has 3 nitrogen and oxygen atoms in total. The minimum atomic E-state index is -1.33. The Balaban J connectivity index is 2.66. The molecule has 94 valence electrons. The van der Waals surface area contributed by atoms with Crippen molar-refractivity contribution >= 4 is 15.9 Å². The molecular formula is C12H14BrFO3. The fraction of sp³-hybridized carbons (Fsp3) is 0.500. The molecule has 1 aliphatic rings. The molecule has 0 unspecified atom stereocenters. The van der Waals surface area contributed by atoms with Crippen molar-refractivity contribution in [1.29, 1.82) is 0 Å². The Kier molecular flexibility index (Phi) is 3.32. The maximum Gasteiger partial charge on any atom is 0.170 e. The van der Waals surface area contributed by atoms with Crippen LogP contribution in [0.15, 0.2) is 10.5 Å². The lowest BCUT2D eigenvalue weighted by Gasteiger charge is -2.23. The van der Waals surface area contributed by atoms with Crippen LogP contribution in [0.1, 0.15) is 25.8 Å². The van der Waals surface area contributed by atoms with Crippen LogP contribution in [0, 0.1) is 5.82 Å². The highest BCUT2D eigenvalue weighted by molar-refractivity contribution is 9.10. The Labute approximate surface area is 108 Å². The highest BCUT2D eigenvalue weighted by Gasteiger charge is 2.31. The van der Waals surface area contributed by atoms with Gasteiger partial charge in [0.05, 0.1) is 28.9 Å². The van der Waals surface area contributed by atoms with E-state index in [4.69, 9.17) is 9.47 Å². The zero-order chi connectivity index (χ0) is 12.6. The van der Waals surface area contributed by atoms with Gasteiger partial charge in [-0.1, -0.05) is 0 Å². The average molecular weight is 305 g/mol. The van der Waals surface area contributed by atoms with E-state index in [2.05, 4.69) is 15.9 Å². The molecular weight excluding hydrogens is 291 g/mol. The summed E-state index contributed by atoms with van der Waals surface area (Å²) in [6.07, 6.45) is 0.735. The number of aliphatic hydroxyl groups is 1. The van der Waals surface area contributed by atoms with Crippen molar-refractivity contribution in [3.8, 4) is 11.5 Å². The molecule has 1 aromatic carbocycles. The van der Waals surface area contributed by atoms with Crippen LogP contribution in [0.3, 0.4) is 0 Å². The first-order valence-corrected chi connectivity index (χ1v) is 6.21. The number of hydrogen-bond donors (Lipinski definition) is 1. The molecule has 1 aliphatic heterocycles. The third-order valence-corrected chi connectivity index (χ3v) is 3.12. The summed E-state index contributed by atoms with van der Waals surface area (Å²) in [5, 5.41) is 10.0. The summed E-state index contributed by atoms with van der Waals surface area (Å²) in [7, 11) is 0. The van der Waals surface area contributed by atoms with Crippen LogP contribution in [0.5, 0.6) is 11.5 Å². The van der Waals surface area contributed by atoms with E-state index in [-0.39, 0.29) is 10.0 Å². The Morgan fingerprint density at radius 2 is 2.00 bits per heavy atom. The van der Waals surface area contributed by atoms with E-state index in [9.17, 15) is 9.50 Å². The summed E-state index contributed by atoms with van der Waals surface area (Å²) in [5.74, 6) is 0.255. The lowest BCUT2D eigenvalue weighted by Crippen LogP contribution is -2.20. The molecule has 2 rings (SSSR count). The fourth-order valence-electron chi connectivity index (χ4n) is 1.80. The summed E-state index contributed by atoms with van der Waals surface area (Å²) >= 11 is 3.12. The van der Waals surface area contributed by atoms with E-state index < -0.39 is 11.4 Å². The molecule has 17 heavy (non-hydrogen) atoms. The molecule has 1 N–H and O–H groups in total. The second-order valence-corrected chi connectivity index (χ2v) is 5.34. The zero-order valence-corrected chi connectivity index (χ0v) is 11.3. The van der Waals surface area contributed by atoms with E-state index >= 15 is 0 Å². The standard InChI is InChI=1S/C12H14BrFO3/c1-12(2,15)9-10(14)7(13)6-8-11(9)17-5-3-4-16-8/h6,15H,3-5H2,1-2H3. The van der Waals surface area contributed by atoms with Crippen LogP contribution in [-0.2, 0) is 5.60 Å². The Bertz CT molecular complexity index is 440. The highest BCUT2D eigenvalue weighted by Crippen LogP contribution is 2.43. The van der Waals surface area contributed by atoms with Crippen LogP contribution in [0.4, 0.5) is 4.39 Å². The molecule has 0 radical (unpaired) electrons. The average Bonchev–Trinajstić information content (AvgIpc) is 2.42. The molecule has 1 heterocycles. The van der Waals surface area contributed by atoms with Gasteiger partial charge in [-0.15, -0.1) is 0 Å². The van der Waals surface area contributed by atoms with Gasteiger partial charge in [0.2, 0.25) is 0 Å². The molecule has 0 saturated heterocycles. The van der Waals surface area contributed by atoms with Crippen molar-refractivity contribution < 1.29 is 19.0 Å². The number of halogens is 2. The van der Waals surface area contributed by atoms with Gasteiger partial charge >= 0.3 is 0 Å². The second kappa shape index (κ2) is 4.46. The number of benzene rings is 1. The van der Waals surface area contributed by atoms with Gasteiger partial charge in [-0.25, -0.2) is 4.39 Å². The van der Waals surface area contributed by atoms with Crippen molar-refractivity contribution in [3.05, 3.63) is 21.9 Å². The van der Waals surface area contributed by atoms with Gasteiger partial charge in [-0.05, 0) is 29.8 Å². The third kappa shape index (κ3) is 2.40. The van der Waals surface area contributed by atoms with Crippen LogP contribution >= 0.6 is 15.9 Å². The van der Waals surface area contributed by atoms with Gasteiger partial charge < -0.3 is 14.6 Å². The van der Waals surface area contributed by atoms with E-state index in [0.717, 1.165) is 6.42 Å². The predicted molar refractivity (Wildman–Crippen MR) is 65.0 cm³/mol. The molecule has 0 aliphatic carbocycles. The van der Waals surface area contributed by atoms with Gasteiger partial charge in [-0.3, -0.25) is 0 Å². The van der Waals surface area contributed by atoms with Gasteiger partial charge in [0.1, 0.15) is 5.82 Å². The fourth-order valence-corrected chi connectivity index (χ4v) is 2.20. The van der Waals surface area contributed by atoms with E-state index in [1.165, 1.54) is 19.9 Å². The number of rotatable bonds is 1. The SMILES string of the molecule is CC(C)(O)c1c(F)c(Br)cc2c1OCCCO2. The molecule has 0 fully saturated rings. The zero-order valence-electron chi connectivity index (χ0n) is 9.72. The number of ether oxygens (including phenoxy) is 2. The molecule has 0 atom stereocenters. The molecule has 5 heteroatoms. The normalized spacial score (nSPS) is 15.6. The van der Waals surface area contributed by atoms with Crippen LogP contribution < -0.4 is 9.47 Å². The van der Waals surface area contributed by atoms with Gasteiger partial charge in [-0.2, -0.15) is 0 Å². The van der Waals surface area contributed by atoms with E-state index in [1.807, 2.05) is 0 Å². The summed E-state index contributed by atoms with van der Waals surface area (Å²) in [4.78, 5) is 0. The molecule has 0 aromatic heterocycles. The van der Waals surface area contributed by atoms with E-state index in [1.54, 1.807) is 0 Å². The maximum atomic E-state index is 14.1. The minimum absolute atomic E-state index is 0.128. The Hall–Kier alpha value is -0.810. The predicted octanol–water partition coefficient (Wildman–Crippen LogP) is 2.98. The van der Waals surface area contributed by atoms with Gasteiger partial charge in [0, 0.05) is 12.5 Å². The van der Waals surface area contributed by atoms with Crippen LogP contribution in [0.2, 0.25) is 0 Å². The number of fused-ring (bicyclic) bond motifs is 1. The Morgan fingerprint density at radius 3 is 2.65 bits per heavy atom. The van der Waals surface area contributed by atoms with E-state index in [0.29, 0.717) is 24.7 Å². The van der Waals surface area contributed by atoms with Crippen molar-refractivity contribution in [2.45, 2.75) is 25.9 Å². The smallest absolute Gasteiger partial charge is 0.170 e. The largest absolute Gasteiger partial charge is 0.490 e. The maximum absolute atomic E-state index is 14.1. The van der Waals surface area contributed by atoms with Crippen molar-refractivity contribution in [3.63, 3.8) is 0 Å². The van der Waals surface area contributed by atoms with Crippen LogP contribution in [0.25, 0.3) is 0 Å². The molecule has 0 saturated carbocycles. The second-order valence-electron chi connectivity index (χ2n) is 4.48. The van der Waals surface area contributed by atoms with Crippen molar-refractivity contribution in [2.24, 2.45) is 0 Å². The van der Waals surface area contributed by atoms with Gasteiger partial charge in [0.15, 0.2) is 11.5 Å². The monoisotopic (exact) mass is 304 g/mol. The van der Waals surface area contributed by atoms with Crippen molar-refractivity contribution in [1.82, 2.24) is 0 Å². The third-order valence-electron chi connectivity index (χ3n) is 2.54. The summed E-state index contributed by atoms with van der Waals surface area (Å²) in [5.41, 5.74) is -1.20. The number of hydrogen-bond acceptors (Lipinski definition) is 3. The quantitative estimate of drug-likeness (QED) is 0.867. The lowest BCUT2D eigenvalue weighted by molar-refractivity contribution is 0.0703. The first-order chi connectivity index (χ1) is 7.91. The first-order valence-electron chi connectivity index (χ1n) is 5.41. The minimum Gasteiger partial charge on any atom is -0.490 e. The molecule has 0 spiro atoms. The highest BCUT2D eigenvalue weighted by atomic mass is 79.9. The topological polar surface area (TPSA) is 38.7 Å². The molecule has 0 bridgehead atoms. The Morgan fingerprint density at radius 1 is 1.35 bits per heavy atom. The van der Waals surface area contributed by atoms with Gasteiger partial charge in [0.25, 0.3) is 0 Å². The first kappa shape index (κ1) is 12.6. The summed E-state index contributed by atoms with van der Waals surface area (Å²) in [6, 6.07) is 1.53. The lowest BCUT2D eigenvalue weighted by atomic mass is 9.96. The van der Waals surface area contributed by atoms with Crippen molar-refractivity contribution in [2.75, 3.05) is 13.2 Å².